The third kappa shape index (κ3) is 2.13. The number of primary amides is 1. The Labute approximate surface area is 119 Å². The van der Waals surface area contributed by atoms with Gasteiger partial charge in [0.25, 0.3) is 0 Å². The van der Waals surface area contributed by atoms with Crippen LogP contribution in [0, 0.1) is 5.92 Å². The van der Waals surface area contributed by atoms with Gasteiger partial charge in [0.2, 0.25) is 5.91 Å². The first kappa shape index (κ1) is 12.9. The number of hydrogen-bond donors (Lipinski definition) is 3. The van der Waals surface area contributed by atoms with E-state index < -0.39 is 5.91 Å². The summed E-state index contributed by atoms with van der Waals surface area (Å²) in [5.41, 5.74) is 12.8. The van der Waals surface area contributed by atoms with Crippen molar-refractivity contribution in [1.29, 1.82) is 0 Å². The maximum Gasteiger partial charge on any atom is 0.248 e. The number of carbonyl (C=O) groups excluding carboxylic acids is 1. The summed E-state index contributed by atoms with van der Waals surface area (Å²) in [6, 6.07) is 5.49. The molecule has 19 heavy (non-hydrogen) atoms. The molecule has 0 spiro atoms. The molecule has 2 fully saturated rings. The smallest absolute Gasteiger partial charge is 0.248 e. The summed E-state index contributed by atoms with van der Waals surface area (Å²) in [4.78, 5) is 11.1. The van der Waals surface area contributed by atoms with Crippen LogP contribution in [0.15, 0.2) is 22.7 Å². The van der Waals surface area contributed by atoms with E-state index in [-0.39, 0.29) is 18.2 Å². The molecule has 4 atom stereocenters. The Hall–Kier alpha value is -1.11. The average molecular weight is 326 g/mol. The first-order valence-corrected chi connectivity index (χ1v) is 7.10. The number of hydrogen-bond acceptors (Lipinski definition) is 4. The van der Waals surface area contributed by atoms with Crippen LogP contribution in [0.3, 0.4) is 0 Å². The van der Waals surface area contributed by atoms with Gasteiger partial charge in [-0.3, -0.25) is 4.79 Å². The Morgan fingerprint density at radius 3 is 2.95 bits per heavy atom. The third-order valence-electron chi connectivity index (χ3n) is 4.02. The highest BCUT2D eigenvalue weighted by molar-refractivity contribution is 9.10. The Kier molecular flexibility index (Phi) is 3.24. The molecule has 1 heterocycles. The van der Waals surface area contributed by atoms with Crippen molar-refractivity contribution in [3.05, 3.63) is 28.2 Å². The molecule has 102 valence electrons. The van der Waals surface area contributed by atoms with Gasteiger partial charge in [0.05, 0.1) is 12.1 Å². The van der Waals surface area contributed by atoms with Crippen molar-refractivity contribution in [3.8, 4) is 0 Å². The number of fused-ring (bicyclic) bond motifs is 1. The number of nitrogens with two attached hydrogens (primary N) is 2. The number of nitrogens with one attached hydrogen (secondary N) is 1. The summed E-state index contributed by atoms with van der Waals surface area (Å²) in [5, 5.41) is 3.38. The first-order valence-electron chi connectivity index (χ1n) is 6.31. The van der Waals surface area contributed by atoms with Crippen molar-refractivity contribution >= 4 is 27.5 Å². The molecule has 6 heteroatoms. The molecule has 2 aliphatic rings. The van der Waals surface area contributed by atoms with Crippen LogP contribution < -0.4 is 16.8 Å². The highest BCUT2D eigenvalue weighted by Gasteiger charge is 2.52. The van der Waals surface area contributed by atoms with Crippen LogP contribution in [0.25, 0.3) is 0 Å². The van der Waals surface area contributed by atoms with Crippen LogP contribution in [0.4, 0.5) is 5.69 Å². The number of anilines is 1. The molecular weight excluding hydrogens is 310 g/mol. The van der Waals surface area contributed by atoms with Gasteiger partial charge in [-0.15, -0.1) is 0 Å². The summed E-state index contributed by atoms with van der Waals surface area (Å²) < 4.78 is 6.48. The summed E-state index contributed by atoms with van der Waals surface area (Å²) in [5.74, 6) is 0.0351. The van der Waals surface area contributed by atoms with E-state index in [0.717, 1.165) is 23.2 Å². The fraction of sp³-hybridized carbons (Fsp3) is 0.462. The number of halogens is 1. The third-order valence-corrected chi connectivity index (χ3v) is 4.68. The normalized spacial score (nSPS) is 32.5. The van der Waals surface area contributed by atoms with Crippen LogP contribution in [0.1, 0.15) is 16.8 Å². The Bertz CT molecular complexity index is 523. The van der Waals surface area contributed by atoms with E-state index in [1.54, 1.807) is 12.1 Å². The predicted molar refractivity (Wildman–Crippen MR) is 75.9 cm³/mol. The quantitative estimate of drug-likeness (QED) is 0.775. The molecule has 3 rings (SSSR count). The molecule has 1 saturated heterocycles. The predicted octanol–water partition coefficient (Wildman–Crippen LogP) is 1.07. The highest BCUT2D eigenvalue weighted by atomic mass is 79.9. The molecular formula is C13H16BrN3O2. The second-order valence-electron chi connectivity index (χ2n) is 5.09. The maximum absolute atomic E-state index is 11.1. The molecule has 5 N–H and O–H groups in total. The zero-order chi connectivity index (χ0) is 13.6. The van der Waals surface area contributed by atoms with E-state index in [1.807, 2.05) is 6.07 Å². The highest BCUT2D eigenvalue weighted by Crippen LogP contribution is 2.40. The molecule has 1 amide bonds. The molecule has 5 nitrogen and oxygen atoms in total. The summed E-state index contributed by atoms with van der Waals surface area (Å²) in [6.07, 6.45) is 1.25. The largest absolute Gasteiger partial charge is 0.377 e. The second-order valence-corrected chi connectivity index (χ2v) is 5.95. The molecule has 1 aromatic rings. The lowest BCUT2D eigenvalue weighted by molar-refractivity contribution is 0.00535. The first-order chi connectivity index (χ1) is 9.08. The zero-order valence-corrected chi connectivity index (χ0v) is 11.9. The van der Waals surface area contributed by atoms with E-state index in [1.165, 1.54) is 0 Å². The van der Waals surface area contributed by atoms with E-state index in [4.69, 9.17) is 16.2 Å². The number of amides is 1. The molecule has 4 unspecified atom stereocenters. The Balaban J connectivity index is 1.75. The van der Waals surface area contributed by atoms with Gasteiger partial charge in [-0.25, -0.2) is 0 Å². The number of ether oxygens (including phenoxy) is 1. The van der Waals surface area contributed by atoms with Gasteiger partial charge < -0.3 is 21.5 Å². The molecule has 0 radical (unpaired) electrons. The monoisotopic (exact) mass is 325 g/mol. The molecule has 1 aliphatic carbocycles. The molecule has 0 aromatic heterocycles. The Morgan fingerprint density at radius 2 is 2.26 bits per heavy atom. The fourth-order valence-corrected chi connectivity index (χ4v) is 3.39. The van der Waals surface area contributed by atoms with E-state index in [9.17, 15) is 4.79 Å². The van der Waals surface area contributed by atoms with Crippen molar-refractivity contribution in [1.82, 2.24) is 0 Å². The number of rotatable bonds is 3. The molecule has 1 aliphatic heterocycles. The van der Waals surface area contributed by atoms with Crippen LogP contribution in [-0.2, 0) is 4.74 Å². The van der Waals surface area contributed by atoms with Crippen molar-refractivity contribution in [2.24, 2.45) is 17.4 Å². The summed E-state index contributed by atoms with van der Waals surface area (Å²) >= 11 is 3.44. The maximum atomic E-state index is 11.1. The van der Waals surface area contributed by atoms with Gasteiger partial charge in [-0.2, -0.15) is 0 Å². The summed E-state index contributed by atoms with van der Waals surface area (Å²) in [6.45, 7) is 0.795. The molecule has 0 bridgehead atoms. The second kappa shape index (κ2) is 4.77. The minimum absolute atomic E-state index is 0.121. The van der Waals surface area contributed by atoms with Crippen LogP contribution in [0.5, 0.6) is 0 Å². The lowest BCUT2D eigenvalue weighted by Crippen LogP contribution is -2.65. The lowest BCUT2D eigenvalue weighted by Gasteiger charge is -2.46. The van der Waals surface area contributed by atoms with E-state index >= 15 is 0 Å². The fourth-order valence-electron chi connectivity index (χ4n) is 2.89. The Morgan fingerprint density at radius 1 is 1.47 bits per heavy atom. The topological polar surface area (TPSA) is 90.4 Å². The van der Waals surface area contributed by atoms with Crippen molar-refractivity contribution in [2.75, 3.05) is 11.9 Å². The standard InChI is InChI=1S/C13H16BrN3O2/c14-8-5-6(13(16)18)1-2-9(8)17-11-10(15)7-3-4-19-12(7)11/h1-2,5,7,10-12,17H,3-4,15H2,(H2,16,18). The van der Waals surface area contributed by atoms with Crippen molar-refractivity contribution < 1.29 is 9.53 Å². The lowest BCUT2D eigenvalue weighted by atomic mass is 9.72. The minimum atomic E-state index is -0.438. The van der Waals surface area contributed by atoms with Crippen LogP contribution in [-0.4, -0.2) is 30.7 Å². The van der Waals surface area contributed by atoms with Crippen LogP contribution >= 0.6 is 15.9 Å². The SMILES string of the molecule is NC(=O)c1ccc(NC2C(N)C3CCOC32)c(Br)c1. The van der Waals surface area contributed by atoms with E-state index in [0.29, 0.717) is 11.5 Å². The van der Waals surface area contributed by atoms with Gasteiger partial charge in [0.15, 0.2) is 0 Å². The minimum Gasteiger partial charge on any atom is -0.377 e. The van der Waals surface area contributed by atoms with Gasteiger partial charge in [-0.1, -0.05) is 0 Å². The zero-order valence-electron chi connectivity index (χ0n) is 10.3. The average Bonchev–Trinajstić information content (AvgIpc) is 2.81. The van der Waals surface area contributed by atoms with Gasteiger partial charge in [-0.05, 0) is 40.5 Å². The van der Waals surface area contributed by atoms with Crippen LogP contribution in [0.2, 0.25) is 0 Å². The van der Waals surface area contributed by atoms with Crippen molar-refractivity contribution in [3.63, 3.8) is 0 Å². The molecule has 1 saturated carbocycles. The summed E-state index contributed by atoms with van der Waals surface area (Å²) in [7, 11) is 0. The van der Waals surface area contributed by atoms with Gasteiger partial charge in [0.1, 0.15) is 0 Å². The molecule has 1 aromatic carbocycles. The number of carbonyl (C=O) groups is 1. The van der Waals surface area contributed by atoms with Gasteiger partial charge >= 0.3 is 0 Å². The van der Waals surface area contributed by atoms with Crippen molar-refractivity contribution in [2.45, 2.75) is 24.6 Å². The van der Waals surface area contributed by atoms with E-state index in [2.05, 4.69) is 21.2 Å². The van der Waals surface area contributed by atoms with Gasteiger partial charge in [0, 0.05) is 34.3 Å². The number of benzene rings is 1.